The molecule has 2 aromatic heterocycles. The van der Waals surface area contributed by atoms with E-state index in [1.54, 1.807) is 18.6 Å². The monoisotopic (exact) mass is 345 g/mol. The lowest BCUT2D eigenvalue weighted by Crippen LogP contribution is -2.35. The van der Waals surface area contributed by atoms with E-state index in [-0.39, 0.29) is 12.0 Å². The summed E-state index contributed by atoms with van der Waals surface area (Å²) in [5.74, 6) is 0.191. The summed E-state index contributed by atoms with van der Waals surface area (Å²) in [5, 5.41) is 13.7. The first-order chi connectivity index (χ1) is 11.5. The van der Waals surface area contributed by atoms with Gasteiger partial charge < -0.3 is 5.32 Å². The molecule has 3 rings (SSSR count). The minimum atomic E-state index is -3.20. The number of fused-ring (bicyclic) bond motifs is 1. The molecule has 1 fully saturated rings. The molecule has 0 spiro atoms. The van der Waals surface area contributed by atoms with Crippen molar-refractivity contribution in [1.29, 1.82) is 5.26 Å². The van der Waals surface area contributed by atoms with Crippen LogP contribution in [0.15, 0.2) is 24.7 Å². The molecule has 7 nitrogen and oxygen atoms in total. The Labute approximate surface area is 141 Å². The van der Waals surface area contributed by atoms with E-state index in [1.807, 2.05) is 6.07 Å². The Morgan fingerprint density at radius 1 is 1.38 bits per heavy atom. The third kappa shape index (κ3) is 3.63. The van der Waals surface area contributed by atoms with Crippen molar-refractivity contribution in [1.82, 2.24) is 14.7 Å². The van der Waals surface area contributed by atoms with E-state index in [0.717, 1.165) is 35.9 Å². The summed E-state index contributed by atoms with van der Waals surface area (Å²) in [6.07, 6.45) is 8.97. The third-order valence-electron chi connectivity index (χ3n) is 4.39. The third-order valence-corrected chi connectivity index (χ3v) is 5.08. The van der Waals surface area contributed by atoms with Gasteiger partial charge in [-0.05, 0) is 24.8 Å². The van der Waals surface area contributed by atoms with Gasteiger partial charge in [-0.2, -0.15) is 5.26 Å². The van der Waals surface area contributed by atoms with Crippen molar-refractivity contribution < 1.29 is 8.42 Å². The fourth-order valence-electron chi connectivity index (χ4n) is 3.20. The fourth-order valence-corrected chi connectivity index (χ4v) is 3.72. The highest BCUT2D eigenvalue weighted by Crippen LogP contribution is 2.32. The van der Waals surface area contributed by atoms with Crippen molar-refractivity contribution in [3.8, 4) is 6.07 Å². The van der Waals surface area contributed by atoms with Crippen molar-refractivity contribution in [3.05, 3.63) is 30.2 Å². The van der Waals surface area contributed by atoms with Crippen LogP contribution >= 0.6 is 0 Å². The summed E-state index contributed by atoms with van der Waals surface area (Å²) in [6.45, 7) is 0.406. The molecule has 2 atom stereocenters. The van der Waals surface area contributed by atoms with Crippen LogP contribution in [0.25, 0.3) is 10.9 Å². The predicted molar refractivity (Wildman–Crippen MR) is 91.9 cm³/mol. The van der Waals surface area contributed by atoms with E-state index < -0.39 is 10.0 Å². The van der Waals surface area contributed by atoms with Gasteiger partial charge in [0.25, 0.3) is 0 Å². The molecule has 0 aromatic carbocycles. The van der Waals surface area contributed by atoms with Crippen LogP contribution in [0.2, 0.25) is 0 Å². The first-order valence-corrected chi connectivity index (χ1v) is 9.71. The molecule has 1 saturated carbocycles. The van der Waals surface area contributed by atoms with Gasteiger partial charge in [0.15, 0.2) is 0 Å². The molecule has 24 heavy (non-hydrogen) atoms. The Bertz CT molecular complexity index is 891. The average molecular weight is 345 g/mol. The molecule has 1 aliphatic carbocycles. The van der Waals surface area contributed by atoms with Crippen molar-refractivity contribution in [2.45, 2.75) is 25.3 Å². The van der Waals surface area contributed by atoms with Crippen LogP contribution in [0.3, 0.4) is 0 Å². The maximum absolute atomic E-state index is 11.3. The molecule has 2 N–H and O–H groups in total. The molecular formula is C16H19N5O2S. The standard InChI is InChI=1S/C16H19N5O2S/c1-24(22,23)20-9-11-3-2-4-14(11)21-16-12(7-17)8-19-15-10-18-6-5-13(15)16/h5-6,8,10-11,14,20H,2-4,9H2,1H3,(H,19,21). The Balaban J connectivity index is 1.87. The number of hydrogen-bond donors (Lipinski definition) is 2. The summed E-state index contributed by atoms with van der Waals surface area (Å²) in [7, 11) is -3.20. The molecule has 2 heterocycles. The van der Waals surface area contributed by atoms with E-state index in [9.17, 15) is 13.7 Å². The highest BCUT2D eigenvalue weighted by Gasteiger charge is 2.28. The van der Waals surface area contributed by atoms with Gasteiger partial charge in [-0.25, -0.2) is 13.1 Å². The average Bonchev–Trinajstić information content (AvgIpc) is 3.00. The molecule has 0 saturated heterocycles. The summed E-state index contributed by atoms with van der Waals surface area (Å²) < 4.78 is 25.3. The Kier molecular flexibility index (Phi) is 4.64. The fraction of sp³-hybridized carbons (Fsp3) is 0.438. The normalized spacial score (nSPS) is 20.8. The second kappa shape index (κ2) is 6.71. The lowest BCUT2D eigenvalue weighted by molar-refractivity contribution is 0.490. The van der Waals surface area contributed by atoms with Gasteiger partial charge in [0.2, 0.25) is 10.0 Å². The summed E-state index contributed by atoms with van der Waals surface area (Å²) in [6, 6.07) is 4.13. The zero-order chi connectivity index (χ0) is 17.2. The maximum atomic E-state index is 11.3. The van der Waals surface area contributed by atoms with Crippen LogP contribution in [0.1, 0.15) is 24.8 Å². The Morgan fingerprint density at radius 3 is 2.96 bits per heavy atom. The minimum Gasteiger partial charge on any atom is -0.380 e. The van der Waals surface area contributed by atoms with E-state index in [4.69, 9.17) is 0 Å². The van der Waals surface area contributed by atoms with Crippen molar-refractivity contribution >= 4 is 26.6 Å². The van der Waals surface area contributed by atoms with Crippen molar-refractivity contribution in [2.75, 3.05) is 18.1 Å². The molecular weight excluding hydrogens is 326 g/mol. The largest absolute Gasteiger partial charge is 0.380 e. The summed E-state index contributed by atoms with van der Waals surface area (Å²) >= 11 is 0. The predicted octanol–water partition coefficient (Wildman–Crippen LogP) is 1.63. The van der Waals surface area contributed by atoms with E-state index >= 15 is 0 Å². The first-order valence-electron chi connectivity index (χ1n) is 7.82. The highest BCUT2D eigenvalue weighted by molar-refractivity contribution is 7.88. The molecule has 0 amide bonds. The van der Waals surface area contributed by atoms with Crippen LogP contribution < -0.4 is 10.0 Å². The molecule has 2 aromatic rings. The topological polar surface area (TPSA) is 108 Å². The zero-order valence-electron chi connectivity index (χ0n) is 13.4. The number of hydrogen-bond acceptors (Lipinski definition) is 6. The van der Waals surface area contributed by atoms with Crippen LogP contribution in [-0.2, 0) is 10.0 Å². The van der Waals surface area contributed by atoms with Gasteiger partial charge >= 0.3 is 0 Å². The van der Waals surface area contributed by atoms with Gasteiger partial charge in [-0.3, -0.25) is 9.97 Å². The molecule has 0 aliphatic heterocycles. The van der Waals surface area contributed by atoms with E-state index in [0.29, 0.717) is 12.1 Å². The molecule has 126 valence electrons. The Morgan fingerprint density at radius 2 is 2.21 bits per heavy atom. The van der Waals surface area contributed by atoms with Crippen LogP contribution in [-0.4, -0.2) is 37.2 Å². The van der Waals surface area contributed by atoms with Gasteiger partial charge in [0.05, 0.1) is 29.2 Å². The van der Waals surface area contributed by atoms with Gasteiger partial charge in [-0.15, -0.1) is 0 Å². The quantitative estimate of drug-likeness (QED) is 0.853. The number of sulfonamides is 1. The van der Waals surface area contributed by atoms with Gasteiger partial charge in [0, 0.05) is 30.4 Å². The number of aromatic nitrogens is 2. The number of rotatable bonds is 5. The smallest absolute Gasteiger partial charge is 0.208 e. The van der Waals surface area contributed by atoms with Crippen LogP contribution in [0, 0.1) is 17.2 Å². The van der Waals surface area contributed by atoms with E-state index in [2.05, 4.69) is 26.1 Å². The van der Waals surface area contributed by atoms with Gasteiger partial charge in [-0.1, -0.05) is 6.42 Å². The second-order valence-corrected chi connectivity index (χ2v) is 7.95. The molecule has 8 heteroatoms. The number of anilines is 1. The number of nitrogens with one attached hydrogen (secondary N) is 2. The van der Waals surface area contributed by atoms with Crippen LogP contribution in [0.5, 0.6) is 0 Å². The lowest BCUT2D eigenvalue weighted by atomic mass is 10.0. The summed E-state index contributed by atoms with van der Waals surface area (Å²) in [5.41, 5.74) is 1.96. The SMILES string of the molecule is CS(=O)(=O)NCC1CCCC1Nc1c(C#N)cnc2cnccc12. The zero-order valence-corrected chi connectivity index (χ0v) is 14.2. The molecule has 0 bridgehead atoms. The first kappa shape index (κ1) is 16.6. The number of nitriles is 1. The maximum Gasteiger partial charge on any atom is 0.208 e. The van der Waals surface area contributed by atoms with E-state index in [1.165, 1.54) is 6.26 Å². The van der Waals surface area contributed by atoms with Crippen molar-refractivity contribution in [3.63, 3.8) is 0 Å². The minimum absolute atomic E-state index is 0.116. The highest BCUT2D eigenvalue weighted by atomic mass is 32.2. The Hall–Kier alpha value is -2.24. The summed E-state index contributed by atoms with van der Waals surface area (Å²) in [4.78, 5) is 8.32. The van der Waals surface area contributed by atoms with Crippen molar-refractivity contribution in [2.24, 2.45) is 5.92 Å². The number of nitrogens with zero attached hydrogens (tertiary/aromatic N) is 3. The van der Waals surface area contributed by atoms with Gasteiger partial charge in [0.1, 0.15) is 6.07 Å². The number of pyridine rings is 2. The lowest BCUT2D eigenvalue weighted by Gasteiger charge is -2.23. The molecule has 2 unspecified atom stereocenters. The molecule has 1 aliphatic rings. The second-order valence-electron chi connectivity index (χ2n) is 6.11. The van der Waals surface area contributed by atoms with Crippen LogP contribution in [0.4, 0.5) is 5.69 Å². The molecule has 0 radical (unpaired) electrons.